The Morgan fingerprint density at radius 3 is 2.86 bits per heavy atom. The molecule has 1 aliphatic heterocycles. The highest BCUT2D eigenvalue weighted by Crippen LogP contribution is 2.31. The Labute approximate surface area is 129 Å². The predicted molar refractivity (Wildman–Crippen MR) is 82.3 cm³/mol. The lowest BCUT2D eigenvalue weighted by atomic mass is 10.0. The molecule has 3 rings (SSSR count). The van der Waals surface area contributed by atoms with E-state index in [4.69, 9.17) is 9.47 Å². The van der Waals surface area contributed by atoms with Gasteiger partial charge in [0.15, 0.2) is 17.3 Å². The Morgan fingerprint density at radius 1 is 1.27 bits per heavy atom. The van der Waals surface area contributed by atoms with E-state index in [1.165, 1.54) is 0 Å². The molecular formula is C17H18N2O3. The molecule has 114 valence electrons. The third-order valence-electron chi connectivity index (χ3n) is 3.56. The van der Waals surface area contributed by atoms with Gasteiger partial charge in [0.2, 0.25) is 0 Å². The Bertz CT molecular complexity index is 658. The van der Waals surface area contributed by atoms with Gasteiger partial charge in [-0.15, -0.1) is 0 Å². The van der Waals surface area contributed by atoms with Crippen molar-refractivity contribution in [2.45, 2.75) is 19.5 Å². The number of nitrogens with one attached hydrogen (secondary N) is 1. The van der Waals surface area contributed by atoms with Crippen molar-refractivity contribution in [1.82, 2.24) is 10.3 Å². The zero-order valence-corrected chi connectivity index (χ0v) is 12.4. The number of nitrogens with zero attached hydrogens (tertiary/aromatic N) is 1. The Balaban J connectivity index is 1.65. The van der Waals surface area contributed by atoms with Gasteiger partial charge in [0.25, 0.3) is 0 Å². The highest BCUT2D eigenvalue weighted by molar-refractivity contribution is 6.00. The first-order chi connectivity index (χ1) is 10.7. The van der Waals surface area contributed by atoms with E-state index in [-0.39, 0.29) is 11.8 Å². The number of Topliss-reactive ketones (excluding diaryl/α,β-unsaturated/α-hetero) is 1. The van der Waals surface area contributed by atoms with Gasteiger partial charge in [0.05, 0.1) is 6.04 Å². The Kier molecular flexibility index (Phi) is 4.34. The summed E-state index contributed by atoms with van der Waals surface area (Å²) >= 11 is 0. The number of hydrogen-bond acceptors (Lipinski definition) is 5. The van der Waals surface area contributed by atoms with Crippen molar-refractivity contribution >= 4 is 5.78 Å². The van der Waals surface area contributed by atoms with E-state index in [2.05, 4.69) is 10.3 Å². The van der Waals surface area contributed by atoms with Gasteiger partial charge in [-0.05, 0) is 36.8 Å². The molecule has 1 unspecified atom stereocenters. The summed E-state index contributed by atoms with van der Waals surface area (Å²) in [6.45, 7) is 3.52. The van der Waals surface area contributed by atoms with Crippen LogP contribution in [0.3, 0.4) is 0 Å². The van der Waals surface area contributed by atoms with Crippen LogP contribution in [-0.4, -0.2) is 30.0 Å². The van der Waals surface area contributed by atoms with Crippen LogP contribution >= 0.6 is 0 Å². The number of pyridine rings is 1. The van der Waals surface area contributed by atoms with Crippen molar-refractivity contribution < 1.29 is 14.3 Å². The lowest BCUT2D eigenvalue weighted by Crippen LogP contribution is -2.33. The second-order valence-corrected chi connectivity index (χ2v) is 5.19. The van der Waals surface area contributed by atoms with Gasteiger partial charge >= 0.3 is 0 Å². The van der Waals surface area contributed by atoms with Gasteiger partial charge in [-0.25, -0.2) is 0 Å². The molecule has 0 saturated heterocycles. The summed E-state index contributed by atoms with van der Waals surface area (Å²) < 4.78 is 11.0. The number of ketones is 1. The van der Waals surface area contributed by atoms with Crippen molar-refractivity contribution in [1.29, 1.82) is 0 Å². The van der Waals surface area contributed by atoms with Gasteiger partial charge in [-0.3, -0.25) is 9.78 Å². The van der Waals surface area contributed by atoms with Crippen LogP contribution in [0.1, 0.15) is 22.8 Å². The largest absolute Gasteiger partial charge is 0.486 e. The van der Waals surface area contributed by atoms with Gasteiger partial charge in [0, 0.05) is 24.5 Å². The summed E-state index contributed by atoms with van der Waals surface area (Å²) in [5, 5.41) is 3.22. The van der Waals surface area contributed by atoms with Crippen LogP contribution in [0.4, 0.5) is 0 Å². The molecule has 2 aromatic rings. The van der Waals surface area contributed by atoms with Gasteiger partial charge in [-0.1, -0.05) is 6.07 Å². The first-order valence-electron chi connectivity index (χ1n) is 7.30. The van der Waals surface area contributed by atoms with E-state index in [9.17, 15) is 4.79 Å². The van der Waals surface area contributed by atoms with E-state index in [0.29, 0.717) is 36.8 Å². The SMILES string of the molecule is CC(NCc1cccnc1)C(=O)c1ccc2c(c1)OCCO2. The maximum atomic E-state index is 12.5. The molecular weight excluding hydrogens is 280 g/mol. The number of benzene rings is 1. The molecule has 0 spiro atoms. The van der Waals surface area contributed by atoms with Crippen molar-refractivity contribution in [3.05, 3.63) is 53.9 Å². The lowest BCUT2D eigenvalue weighted by Gasteiger charge is -2.19. The second kappa shape index (κ2) is 6.58. The maximum absolute atomic E-state index is 12.5. The minimum absolute atomic E-state index is 0.0286. The lowest BCUT2D eigenvalue weighted by molar-refractivity contribution is 0.0949. The average molecular weight is 298 g/mol. The first-order valence-corrected chi connectivity index (χ1v) is 7.30. The molecule has 0 aliphatic carbocycles. The molecule has 0 amide bonds. The number of fused-ring (bicyclic) bond motifs is 1. The Hall–Kier alpha value is -2.40. The molecule has 1 aromatic carbocycles. The third kappa shape index (κ3) is 3.26. The molecule has 0 bridgehead atoms. The van der Waals surface area contributed by atoms with E-state index in [0.717, 1.165) is 5.56 Å². The van der Waals surface area contributed by atoms with Crippen LogP contribution in [0.5, 0.6) is 11.5 Å². The normalized spacial score (nSPS) is 14.4. The Morgan fingerprint density at radius 2 is 2.09 bits per heavy atom. The standard InChI is InChI=1S/C17H18N2O3/c1-12(19-11-13-3-2-6-18-10-13)17(20)14-4-5-15-16(9-14)22-8-7-21-15/h2-6,9-10,12,19H,7-8,11H2,1H3. The van der Waals surface area contributed by atoms with E-state index in [1.807, 2.05) is 19.1 Å². The minimum atomic E-state index is -0.289. The number of carbonyl (C=O) groups excluding carboxylic acids is 1. The zero-order valence-electron chi connectivity index (χ0n) is 12.4. The molecule has 0 fully saturated rings. The van der Waals surface area contributed by atoms with Gasteiger partial charge in [-0.2, -0.15) is 0 Å². The number of aromatic nitrogens is 1. The molecule has 1 atom stereocenters. The summed E-state index contributed by atoms with van der Waals surface area (Å²) in [4.78, 5) is 16.5. The van der Waals surface area contributed by atoms with E-state index in [1.54, 1.807) is 30.6 Å². The maximum Gasteiger partial charge on any atom is 0.179 e. The van der Waals surface area contributed by atoms with Crippen LogP contribution in [0.25, 0.3) is 0 Å². The third-order valence-corrected chi connectivity index (χ3v) is 3.56. The van der Waals surface area contributed by atoms with Crippen molar-refractivity contribution in [3.8, 4) is 11.5 Å². The summed E-state index contributed by atoms with van der Waals surface area (Å²) in [5.41, 5.74) is 1.67. The number of hydrogen-bond donors (Lipinski definition) is 1. The minimum Gasteiger partial charge on any atom is -0.486 e. The zero-order chi connectivity index (χ0) is 15.4. The van der Waals surface area contributed by atoms with E-state index < -0.39 is 0 Å². The van der Waals surface area contributed by atoms with E-state index >= 15 is 0 Å². The first kappa shape index (κ1) is 14.5. The molecule has 5 heteroatoms. The van der Waals surface area contributed by atoms with Crippen LogP contribution < -0.4 is 14.8 Å². The fourth-order valence-electron chi connectivity index (χ4n) is 2.31. The smallest absolute Gasteiger partial charge is 0.179 e. The fourth-order valence-corrected chi connectivity index (χ4v) is 2.31. The molecule has 1 aromatic heterocycles. The predicted octanol–water partition coefficient (Wildman–Crippen LogP) is 2.21. The van der Waals surface area contributed by atoms with Crippen LogP contribution in [0.2, 0.25) is 0 Å². The quantitative estimate of drug-likeness (QED) is 0.858. The van der Waals surface area contributed by atoms with Crippen LogP contribution in [0.15, 0.2) is 42.7 Å². The topological polar surface area (TPSA) is 60.5 Å². The fraction of sp³-hybridized carbons (Fsp3) is 0.294. The second-order valence-electron chi connectivity index (χ2n) is 5.19. The monoisotopic (exact) mass is 298 g/mol. The van der Waals surface area contributed by atoms with Crippen LogP contribution in [-0.2, 0) is 6.54 Å². The van der Waals surface area contributed by atoms with Crippen molar-refractivity contribution in [3.63, 3.8) is 0 Å². The highest BCUT2D eigenvalue weighted by atomic mass is 16.6. The molecule has 0 saturated carbocycles. The van der Waals surface area contributed by atoms with Gasteiger partial charge in [0.1, 0.15) is 13.2 Å². The summed E-state index contributed by atoms with van der Waals surface area (Å²) in [7, 11) is 0. The summed E-state index contributed by atoms with van der Waals surface area (Å²) in [6, 6.07) is 8.88. The number of carbonyl (C=O) groups is 1. The number of ether oxygens (including phenoxy) is 2. The summed E-state index contributed by atoms with van der Waals surface area (Å²) in [5.74, 6) is 1.36. The molecule has 2 heterocycles. The molecule has 1 N–H and O–H groups in total. The number of rotatable bonds is 5. The van der Waals surface area contributed by atoms with Crippen LogP contribution in [0, 0.1) is 0 Å². The highest BCUT2D eigenvalue weighted by Gasteiger charge is 2.18. The molecule has 5 nitrogen and oxygen atoms in total. The van der Waals surface area contributed by atoms with Gasteiger partial charge < -0.3 is 14.8 Å². The molecule has 22 heavy (non-hydrogen) atoms. The van der Waals surface area contributed by atoms with Crippen molar-refractivity contribution in [2.24, 2.45) is 0 Å². The molecule has 0 radical (unpaired) electrons. The molecule has 1 aliphatic rings. The summed E-state index contributed by atoms with van der Waals surface area (Å²) in [6.07, 6.45) is 3.52. The van der Waals surface area contributed by atoms with Crippen molar-refractivity contribution in [2.75, 3.05) is 13.2 Å². The average Bonchev–Trinajstić information content (AvgIpc) is 2.59.